The Bertz CT molecular complexity index is 5550. The number of phenolic OH excluding ortho intramolecular Hbond substituents is 1. The van der Waals surface area contributed by atoms with Crippen molar-refractivity contribution in [3.05, 3.63) is 293 Å². The Kier molecular flexibility index (Phi) is 42.1. The number of para-hydroxylation sites is 1. The van der Waals surface area contributed by atoms with Crippen LogP contribution < -0.4 is 48.2 Å². The Labute approximate surface area is 696 Å². The molecule has 0 aliphatic heterocycles. The number of nitro groups is 2. The minimum atomic E-state index is -3.78. The molecule has 0 saturated heterocycles. The predicted octanol–water partition coefficient (Wildman–Crippen LogP) is 20.2. The van der Waals surface area contributed by atoms with Crippen LogP contribution in [-0.2, 0) is 32.9 Å². The Hall–Kier alpha value is -11.4. The highest BCUT2D eigenvalue weighted by Crippen LogP contribution is 2.38. The number of phenols is 1. The fourth-order valence-corrected chi connectivity index (χ4v) is 14.5. The van der Waals surface area contributed by atoms with E-state index in [1.807, 2.05) is 145 Å². The van der Waals surface area contributed by atoms with Crippen LogP contribution in [-0.4, -0.2) is 66.0 Å². The number of rotatable bonds is 17. The second kappa shape index (κ2) is 48.4. The third-order valence-electron chi connectivity index (χ3n) is 16.8. The number of hydrogen-bond donors (Lipinski definition) is 6. The van der Waals surface area contributed by atoms with Gasteiger partial charge >= 0.3 is 0 Å². The molecule has 0 fully saturated rings. The predicted molar refractivity (Wildman–Crippen MR) is 487 cm³/mol. The maximum atomic E-state index is 13.1. The molecule has 0 amide bonds. The molecule has 23 nitrogen and oxygen atoms in total. The van der Waals surface area contributed by atoms with E-state index in [-0.39, 0.29) is 111 Å². The van der Waals surface area contributed by atoms with Gasteiger partial charge in [0.25, 0.3) is 22.5 Å². The van der Waals surface area contributed by atoms with E-state index in [2.05, 4.69) is 63.2 Å². The average molecular weight is 1660 g/mol. The molecule has 11 aromatic rings. The monoisotopic (exact) mass is 1650 g/mol. The van der Waals surface area contributed by atoms with Gasteiger partial charge in [0.15, 0.2) is 22.4 Å². The highest BCUT2D eigenvalue weighted by Gasteiger charge is 2.35. The van der Waals surface area contributed by atoms with E-state index in [0.29, 0.717) is 58.3 Å². The summed E-state index contributed by atoms with van der Waals surface area (Å²) in [4.78, 5) is 99.2. The van der Waals surface area contributed by atoms with Crippen LogP contribution in [0, 0.1) is 26.1 Å². The van der Waals surface area contributed by atoms with Crippen LogP contribution in [0.2, 0.25) is 0 Å². The van der Waals surface area contributed by atoms with Gasteiger partial charge in [0.05, 0.1) is 69.4 Å². The second-order valence-corrected chi connectivity index (χ2v) is 31.2. The van der Waals surface area contributed by atoms with E-state index in [1.54, 1.807) is 100 Å². The lowest BCUT2D eigenvalue weighted by Gasteiger charge is -2.22. The van der Waals surface area contributed by atoms with Crippen molar-refractivity contribution in [2.24, 2.45) is 5.92 Å². The Morgan fingerprint density at radius 1 is 0.415 bits per heavy atom. The average Bonchev–Trinajstić information content (AvgIpc) is 1.49. The van der Waals surface area contributed by atoms with Crippen molar-refractivity contribution < 1.29 is 41.4 Å². The van der Waals surface area contributed by atoms with E-state index in [4.69, 9.17) is 11.5 Å². The largest absolute Gasteiger partial charge is 0.507 e. The molecule has 1 aromatic heterocycles. The highest BCUT2D eigenvalue weighted by atomic mass is 32.2. The van der Waals surface area contributed by atoms with E-state index in [1.165, 1.54) is 48.0 Å². The van der Waals surface area contributed by atoms with Gasteiger partial charge in [-0.1, -0.05) is 259 Å². The highest BCUT2D eigenvalue weighted by molar-refractivity contribution is 7.89. The number of nitro benzene ring substituents is 2. The summed E-state index contributed by atoms with van der Waals surface area (Å²) in [6.45, 7) is 49.6. The van der Waals surface area contributed by atoms with Crippen molar-refractivity contribution >= 4 is 92.4 Å². The number of nitrogens with one attached hydrogen (secondary N) is 3. The number of nitrogens with zero attached hydrogens (tertiary/aromatic N) is 3. The molecule has 1 aliphatic rings. The van der Waals surface area contributed by atoms with Crippen LogP contribution in [0.1, 0.15) is 250 Å². The number of carbonyl (C=O) groups is 2. The number of sulfonamides is 2. The molecule has 12 rings (SSSR count). The van der Waals surface area contributed by atoms with Gasteiger partial charge < -0.3 is 21.9 Å². The summed E-state index contributed by atoms with van der Waals surface area (Å²) in [5, 5.41) is 36.0. The van der Waals surface area contributed by atoms with Gasteiger partial charge in [0.1, 0.15) is 5.75 Å². The fraction of sp³-hybridized carbons (Fsp3) is 0.355. The summed E-state index contributed by atoms with van der Waals surface area (Å²) in [5.74, 6) is 0.896. The van der Waals surface area contributed by atoms with Crippen LogP contribution in [0.3, 0.4) is 0 Å². The number of nitrogen functional groups attached to an aromatic ring is 2. The molecular formula is C93H122N8O15S2. The van der Waals surface area contributed by atoms with Gasteiger partial charge in [-0.15, -0.1) is 0 Å². The van der Waals surface area contributed by atoms with Crippen LogP contribution in [0.15, 0.2) is 205 Å². The summed E-state index contributed by atoms with van der Waals surface area (Å²) in [6.07, 6.45) is 0.738. The lowest BCUT2D eigenvalue weighted by molar-refractivity contribution is -0.385. The maximum Gasteiger partial charge on any atom is 0.274 e. The normalized spacial score (nSPS) is 11.0. The molecule has 0 saturated carbocycles. The molecule has 10 aromatic carbocycles. The minimum absolute atomic E-state index is 0.0874. The number of aromatic nitrogens is 1. The topological polar surface area (TPSA) is 370 Å². The van der Waals surface area contributed by atoms with Gasteiger partial charge in [-0.3, -0.25) is 49.0 Å². The van der Waals surface area contributed by atoms with Crippen LogP contribution >= 0.6 is 0 Å². The Morgan fingerprint density at radius 2 is 0.797 bits per heavy atom. The summed E-state index contributed by atoms with van der Waals surface area (Å²) in [7, 11) is -7.55. The number of anilines is 3. The van der Waals surface area contributed by atoms with Crippen LogP contribution in [0.25, 0.3) is 38.0 Å². The summed E-state index contributed by atoms with van der Waals surface area (Å²) < 4.78 is 54.9. The molecule has 1 aliphatic carbocycles. The van der Waals surface area contributed by atoms with Crippen LogP contribution in [0.5, 0.6) is 5.75 Å². The lowest BCUT2D eigenvalue weighted by atomic mass is 9.82. The van der Waals surface area contributed by atoms with E-state index in [0.717, 1.165) is 39.3 Å². The van der Waals surface area contributed by atoms with E-state index >= 15 is 0 Å². The number of carbonyl (C=O) groups excluding carboxylic acids is 2. The summed E-state index contributed by atoms with van der Waals surface area (Å²) in [5.41, 5.74) is 16.5. The molecule has 636 valence electrons. The van der Waals surface area contributed by atoms with Gasteiger partial charge in [-0.25, -0.2) is 30.8 Å². The fourth-order valence-electron chi connectivity index (χ4n) is 12.0. The SMILES string of the molecule is CC.CC.CC.CC.CC.CC.CC(C)C.CC(C)NS(=O)(=O)c1ccc(Cc2ccc(C(C)C)cc2)c([N+](=O)[O-])c1.CC(C)NS(=O)(=O)c1ccc(Cc2cccc(C(C)C)c2)c([N+](=O)[O-])c1.CC(C)Nc1ccc(O)c2c1C(=O)c1ccccc1C2=O.Nc1c2c(=O)c3ccccc3c(=O)c2c(N)c2c(=O)n(-c3ccccc3)c(=O)c12. The molecule has 25 heteroatoms. The number of benzene rings is 10. The molecule has 118 heavy (non-hydrogen) atoms. The van der Waals surface area contributed by atoms with Gasteiger partial charge in [-0.2, -0.15) is 0 Å². The first-order valence-corrected chi connectivity index (χ1v) is 43.3. The van der Waals surface area contributed by atoms with Crippen LogP contribution in [0.4, 0.5) is 28.4 Å². The van der Waals surface area contributed by atoms with Gasteiger partial charge in [0.2, 0.25) is 20.0 Å². The number of nitrogens with two attached hydrogens (primary N) is 2. The minimum Gasteiger partial charge on any atom is -0.507 e. The van der Waals surface area contributed by atoms with Crippen molar-refractivity contribution in [3.63, 3.8) is 0 Å². The van der Waals surface area contributed by atoms with Gasteiger partial charge in [0, 0.05) is 81.8 Å². The Balaban J connectivity index is 0.000000505. The zero-order chi connectivity index (χ0) is 90.1. The molecule has 0 bridgehead atoms. The van der Waals surface area contributed by atoms with Crippen molar-refractivity contribution in [2.45, 2.75) is 226 Å². The van der Waals surface area contributed by atoms with Crippen molar-refractivity contribution in [1.29, 1.82) is 0 Å². The molecule has 0 radical (unpaired) electrons. The molecule has 0 spiro atoms. The second-order valence-electron chi connectivity index (χ2n) is 27.7. The lowest BCUT2D eigenvalue weighted by Crippen LogP contribution is -2.30. The van der Waals surface area contributed by atoms with Gasteiger partial charge in [-0.05, 0) is 118 Å². The first-order valence-electron chi connectivity index (χ1n) is 40.3. The van der Waals surface area contributed by atoms with Crippen molar-refractivity contribution in [1.82, 2.24) is 14.0 Å². The third-order valence-corrected chi connectivity index (χ3v) is 20.1. The molecule has 0 atom stereocenters. The molecule has 1 heterocycles. The van der Waals surface area contributed by atoms with E-state index in [9.17, 15) is 70.9 Å². The third kappa shape index (κ3) is 26.1. The molecule has 0 unspecified atom stereocenters. The number of aromatic hydroxyl groups is 1. The number of hydrogen-bond acceptors (Lipinski definition) is 18. The first kappa shape index (κ1) is 103. The number of ketones is 2. The zero-order valence-electron chi connectivity index (χ0n) is 73.1. The maximum absolute atomic E-state index is 13.1. The standard InChI is InChI=1S/C22H13N3O4.2C19H24N2O4S.C17H15NO3.C4H10.6C2H6/c23-17-13-14(20(27)12-9-5-4-8-11(12)19(13)26)18(24)16-15(17)21(28)25(22(16)29)10-6-2-1-3-7-10;1-13(2)16-7-5-15(6-8-16)11-17-9-10-18(12-19(17)21(22)23)26(24,25)20-14(3)4;1-13(2)16-7-5-6-15(10-16)11-17-8-9-18(12-19(17)21(22)23)26(24,25)20-14(3)4;1-9(2)18-12-7-8-13(19)15-14(12)16(20)10-5-3-4-6-11(10)17(15)21;1-4(2)3;6*1-2/h1-9H,23-24H2;2*5-10,12-14,20H,11H2,1-4H3;3-9,18-19H,1-2H3;4H,1-3H3;6*1-2H3. The van der Waals surface area contributed by atoms with E-state index < -0.39 is 51.9 Å². The summed E-state index contributed by atoms with van der Waals surface area (Å²) >= 11 is 0. The van der Waals surface area contributed by atoms with Crippen molar-refractivity contribution in [2.75, 3.05) is 16.8 Å². The Morgan fingerprint density at radius 3 is 1.18 bits per heavy atom. The first-order chi connectivity index (χ1) is 55.9. The zero-order valence-corrected chi connectivity index (χ0v) is 74.7. The molecule has 8 N–H and O–H groups in total. The quantitative estimate of drug-likeness (QED) is 0.0123. The number of fused-ring (bicyclic) bond motifs is 5. The smallest absolute Gasteiger partial charge is 0.274 e. The van der Waals surface area contributed by atoms with Crippen molar-refractivity contribution in [3.8, 4) is 11.4 Å². The molecular weight excluding hydrogens is 1530 g/mol. The summed E-state index contributed by atoms with van der Waals surface area (Å²) in [6, 6.07) is 47.8.